The summed E-state index contributed by atoms with van der Waals surface area (Å²) in [7, 11) is 0. The molecule has 0 amide bonds. The van der Waals surface area contributed by atoms with Crippen molar-refractivity contribution in [1.29, 1.82) is 0 Å². The highest BCUT2D eigenvalue weighted by atomic mass is 16.5. The summed E-state index contributed by atoms with van der Waals surface area (Å²) < 4.78 is 11.4. The average Bonchev–Trinajstić information content (AvgIpc) is 2.80. The quantitative estimate of drug-likeness (QED) is 0.391. The van der Waals surface area contributed by atoms with Gasteiger partial charge in [0, 0.05) is 12.3 Å². The summed E-state index contributed by atoms with van der Waals surface area (Å²) in [6, 6.07) is 0. The van der Waals surface area contributed by atoms with Crippen molar-refractivity contribution in [2.75, 3.05) is 0 Å². The molecule has 0 saturated carbocycles. The molecular weight excluding hydrogens is 444 g/mol. The van der Waals surface area contributed by atoms with E-state index >= 15 is 0 Å². The van der Waals surface area contributed by atoms with E-state index in [0.717, 1.165) is 48.2 Å². The molecule has 2 aliphatic rings. The third-order valence-electron chi connectivity index (χ3n) is 7.54. The molecule has 0 saturated heterocycles. The van der Waals surface area contributed by atoms with Gasteiger partial charge in [0.15, 0.2) is 0 Å². The van der Waals surface area contributed by atoms with E-state index < -0.39 is 35.6 Å². The molecule has 5 atom stereocenters. The molecule has 0 aromatic carbocycles. The summed E-state index contributed by atoms with van der Waals surface area (Å²) >= 11 is 0. The number of esters is 1. The fourth-order valence-corrected chi connectivity index (χ4v) is 4.62. The molecule has 0 spiro atoms. The van der Waals surface area contributed by atoms with Gasteiger partial charge in [-0.2, -0.15) is 0 Å². The first-order chi connectivity index (χ1) is 16.3. The highest BCUT2D eigenvalue weighted by Crippen LogP contribution is 2.32. The number of ketones is 1. The lowest BCUT2D eigenvalue weighted by molar-refractivity contribution is -0.154. The van der Waals surface area contributed by atoms with Crippen LogP contribution in [0.1, 0.15) is 87.0 Å². The summed E-state index contributed by atoms with van der Waals surface area (Å²) in [5, 5.41) is 21.6. The summed E-state index contributed by atoms with van der Waals surface area (Å²) in [4.78, 5) is 26.0. The van der Waals surface area contributed by atoms with Crippen molar-refractivity contribution in [3.05, 3.63) is 47.0 Å². The number of cyclic esters (lactones) is 1. The molecule has 0 aromatic rings. The van der Waals surface area contributed by atoms with E-state index in [4.69, 9.17) is 9.47 Å². The first-order valence-corrected chi connectivity index (χ1v) is 12.8. The van der Waals surface area contributed by atoms with Crippen LogP contribution < -0.4 is 0 Å². The molecular formula is C29H44O6. The predicted molar refractivity (Wildman–Crippen MR) is 137 cm³/mol. The number of aliphatic hydroxyl groups is 2. The molecule has 0 bridgehead atoms. The van der Waals surface area contributed by atoms with Crippen molar-refractivity contribution < 1.29 is 29.3 Å². The van der Waals surface area contributed by atoms with Gasteiger partial charge in [-0.05, 0) is 69.1 Å². The van der Waals surface area contributed by atoms with Crippen molar-refractivity contribution in [1.82, 2.24) is 0 Å². The minimum atomic E-state index is -1.22. The van der Waals surface area contributed by atoms with Crippen molar-refractivity contribution >= 4 is 11.8 Å². The Bertz CT molecular complexity index is 891. The fourth-order valence-electron chi connectivity index (χ4n) is 4.62. The van der Waals surface area contributed by atoms with Crippen LogP contribution in [0.25, 0.3) is 0 Å². The fraction of sp³-hybridized carbons (Fsp3) is 0.655. The first kappa shape index (κ1) is 29.1. The number of Topliss-reactive ketones (excluding diaryl/α,β-unsaturated/α-hetero) is 1. The molecule has 4 unspecified atom stereocenters. The monoisotopic (exact) mass is 488 g/mol. The molecule has 0 aromatic heterocycles. The van der Waals surface area contributed by atoms with E-state index in [1.807, 2.05) is 39.8 Å². The van der Waals surface area contributed by atoms with Gasteiger partial charge in [-0.3, -0.25) is 9.59 Å². The van der Waals surface area contributed by atoms with E-state index in [1.54, 1.807) is 27.0 Å². The van der Waals surface area contributed by atoms with Crippen LogP contribution >= 0.6 is 0 Å². The molecule has 196 valence electrons. The van der Waals surface area contributed by atoms with E-state index in [9.17, 15) is 19.8 Å². The molecule has 2 heterocycles. The number of ether oxygens (including phenoxy) is 2. The molecule has 6 nitrogen and oxygen atoms in total. The van der Waals surface area contributed by atoms with Gasteiger partial charge in [-0.25, -0.2) is 0 Å². The Morgan fingerprint density at radius 1 is 1.14 bits per heavy atom. The van der Waals surface area contributed by atoms with Gasteiger partial charge in [0.1, 0.15) is 11.9 Å². The van der Waals surface area contributed by atoms with Gasteiger partial charge in [-0.15, -0.1) is 0 Å². The summed E-state index contributed by atoms with van der Waals surface area (Å²) in [5.74, 6) is -0.586. The number of rotatable bonds is 2. The van der Waals surface area contributed by atoms with Gasteiger partial charge in [-0.1, -0.05) is 45.9 Å². The van der Waals surface area contributed by atoms with Crippen molar-refractivity contribution in [3.8, 4) is 0 Å². The Morgan fingerprint density at radius 2 is 1.83 bits per heavy atom. The number of hydrogen-bond acceptors (Lipinski definition) is 6. The Morgan fingerprint density at radius 3 is 2.49 bits per heavy atom. The zero-order valence-corrected chi connectivity index (χ0v) is 22.5. The summed E-state index contributed by atoms with van der Waals surface area (Å²) in [5.41, 5.74) is 1.86. The molecule has 0 aliphatic carbocycles. The van der Waals surface area contributed by atoms with Crippen LogP contribution in [0.5, 0.6) is 0 Å². The Hall–Kier alpha value is -2.18. The lowest BCUT2D eigenvalue weighted by Crippen LogP contribution is -2.45. The van der Waals surface area contributed by atoms with Crippen LogP contribution in [0.4, 0.5) is 0 Å². The molecule has 2 N–H and O–H groups in total. The van der Waals surface area contributed by atoms with Crippen LogP contribution in [0.15, 0.2) is 47.0 Å². The molecule has 6 heteroatoms. The van der Waals surface area contributed by atoms with Crippen molar-refractivity contribution in [2.24, 2.45) is 17.3 Å². The van der Waals surface area contributed by atoms with Crippen LogP contribution in [-0.2, 0) is 19.1 Å². The first-order valence-electron chi connectivity index (χ1n) is 12.8. The standard InChI is InChI=1S/C29H44O6/c1-18-12-10-8-9-11-13-24(20(3)15-23-14-19(2)22(5)34-17-23)35-26(31)16-25(30)29(6,7)28(33)21(4)27(18)32/h9,11,15,17-18,21,24-25,27,30,32H,8,10,12-14,16H2,1-7H3/b11-9-,20-15+/t18?,21?,24?,25-,27?/m0/s1. The molecule has 2 aliphatic heterocycles. The maximum absolute atomic E-state index is 13.2. The molecule has 0 radical (unpaired) electrons. The van der Waals surface area contributed by atoms with Crippen LogP contribution in [0, 0.1) is 17.3 Å². The average molecular weight is 489 g/mol. The number of aliphatic hydroxyl groups excluding tert-OH is 2. The van der Waals surface area contributed by atoms with Gasteiger partial charge in [0.05, 0.1) is 36.1 Å². The van der Waals surface area contributed by atoms with Gasteiger partial charge in [0.25, 0.3) is 0 Å². The second-order valence-electron chi connectivity index (χ2n) is 10.9. The van der Waals surface area contributed by atoms with E-state index in [2.05, 4.69) is 6.08 Å². The maximum atomic E-state index is 13.2. The number of allylic oxidation sites excluding steroid dienone is 5. The van der Waals surface area contributed by atoms with E-state index in [1.165, 1.54) is 0 Å². The third kappa shape index (κ3) is 7.91. The molecule has 0 fully saturated rings. The highest BCUT2D eigenvalue weighted by molar-refractivity contribution is 5.88. The van der Waals surface area contributed by atoms with Crippen LogP contribution in [-0.4, -0.2) is 40.3 Å². The minimum absolute atomic E-state index is 0.0433. The normalized spacial score (nSPS) is 33.0. The summed E-state index contributed by atoms with van der Waals surface area (Å²) in [6.45, 7) is 12.8. The minimum Gasteiger partial charge on any atom is -0.469 e. The lowest BCUT2D eigenvalue weighted by Gasteiger charge is -2.34. The van der Waals surface area contributed by atoms with Crippen molar-refractivity contribution in [3.63, 3.8) is 0 Å². The Balaban J connectivity index is 2.26. The van der Waals surface area contributed by atoms with E-state index in [0.29, 0.717) is 6.42 Å². The zero-order chi connectivity index (χ0) is 26.3. The largest absolute Gasteiger partial charge is 0.469 e. The number of carbonyl (C=O) groups is 2. The maximum Gasteiger partial charge on any atom is 0.309 e. The smallest absolute Gasteiger partial charge is 0.309 e. The lowest BCUT2D eigenvalue weighted by atomic mass is 9.73. The zero-order valence-electron chi connectivity index (χ0n) is 22.5. The summed E-state index contributed by atoms with van der Waals surface area (Å²) in [6.07, 6.45) is 8.85. The van der Waals surface area contributed by atoms with Gasteiger partial charge in [0.2, 0.25) is 0 Å². The second kappa shape index (κ2) is 12.7. The topological polar surface area (TPSA) is 93.1 Å². The predicted octanol–water partition coefficient (Wildman–Crippen LogP) is 5.55. The highest BCUT2D eigenvalue weighted by Gasteiger charge is 2.42. The number of hydrogen-bond donors (Lipinski definition) is 2. The van der Waals surface area contributed by atoms with E-state index in [-0.39, 0.29) is 18.1 Å². The van der Waals surface area contributed by atoms with Crippen LogP contribution in [0.2, 0.25) is 0 Å². The van der Waals surface area contributed by atoms with Crippen molar-refractivity contribution in [2.45, 2.75) is 105 Å². The molecule has 35 heavy (non-hydrogen) atoms. The van der Waals surface area contributed by atoms with Crippen LogP contribution in [0.3, 0.4) is 0 Å². The second-order valence-corrected chi connectivity index (χ2v) is 10.9. The SMILES string of the molecule is CC1=C(C)OC=C(/C=C(\C)C2C/C=C\CCCC(C)C(O)C(C)C(=O)C(C)(C)[C@@H](O)CC(=O)O2)C1. The van der Waals surface area contributed by atoms with Gasteiger partial charge < -0.3 is 19.7 Å². The third-order valence-corrected chi connectivity index (χ3v) is 7.54. The Labute approximate surface area is 210 Å². The number of carbonyl (C=O) groups excluding carboxylic acids is 2. The van der Waals surface area contributed by atoms with Gasteiger partial charge >= 0.3 is 5.97 Å². The Kier molecular flexibility index (Phi) is 10.5. The molecule has 2 rings (SSSR count).